The van der Waals surface area contributed by atoms with Crippen molar-refractivity contribution in [3.8, 4) is 0 Å². The van der Waals surface area contributed by atoms with E-state index in [1.165, 1.54) is 49.0 Å². The lowest BCUT2D eigenvalue weighted by atomic mass is 9.99. The number of benzene rings is 3. The van der Waals surface area contributed by atoms with Gasteiger partial charge in [0.1, 0.15) is 5.82 Å². The summed E-state index contributed by atoms with van der Waals surface area (Å²) in [6.45, 7) is 1.09. The Labute approximate surface area is 175 Å². The molecule has 0 saturated carbocycles. The number of hydrogen-bond acceptors (Lipinski definition) is 3. The fraction of sp³-hybridized carbons (Fsp3) is 0.174. The van der Waals surface area contributed by atoms with Crippen LogP contribution in [0.15, 0.2) is 77.7 Å². The summed E-state index contributed by atoms with van der Waals surface area (Å²) < 4.78 is 40.3. The van der Waals surface area contributed by atoms with Crippen molar-refractivity contribution in [3.05, 3.63) is 95.3 Å². The average molecular weight is 424 g/mol. The van der Waals surface area contributed by atoms with E-state index in [1.54, 1.807) is 17.0 Å². The van der Waals surface area contributed by atoms with Gasteiger partial charge >= 0.3 is 0 Å². The van der Waals surface area contributed by atoms with E-state index < -0.39 is 15.8 Å². The molecule has 7 heteroatoms. The number of amides is 1. The number of halogens is 1. The van der Waals surface area contributed by atoms with Crippen molar-refractivity contribution in [2.24, 2.45) is 0 Å². The first-order chi connectivity index (χ1) is 14.4. The molecule has 0 aliphatic carbocycles. The minimum absolute atomic E-state index is 0.0117. The van der Waals surface area contributed by atoms with Crippen molar-refractivity contribution in [2.45, 2.75) is 17.9 Å². The molecule has 0 fully saturated rings. The first kappa shape index (κ1) is 20.1. The highest BCUT2D eigenvalue weighted by atomic mass is 32.2. The molecule has 0 radical (unpaired) electrons. The van der Waals surface area contributed by atoms with Gasteiger partial charge in [0.05, 0.1) is 10.6 Å². The number of carbonyl (C=O) groups excluding carboxylic acids is 1. The highest BCUT2D eigenvalue weighted by Crippen LogP contribution is 2.25. The summed E-state index contributed by atoms with van der Waals surface area (Å²) in [6, 6.07) is 19.3. The standard InChI is InChI=1S/C23H21FN2O3S/c1-25(21-11-9-20(24)10-12-21)30(28,29)22-8-4-7-18(15-22)23(27)26-14-13-17-5-2-3-6-19(17)16-26/h2-12,15H,13-14,16H2,1H3. The van der Waals surface area contributed by atoms with Crippen LogP contribution in [0.3, 0.4) is 0 Å². The normalized spacial score (nSPS) is 13.6. The Kier molecular flexibility index (Phi) is 5.30. The molecule has 0 N–H and O–H groups in total. The van der Waals surface area contributed by atoms with Gasteiger partial charge in [0.15, 0.2) is 0 Å². The van der Waals surface area contributed by atoms with Crippen LogP contribution >= 0.6 is 0 Å². The Hall–Kier alpha value is -3.19. The maximum atomic E-state index is 13.2. The Bertz CT molecular complexity index is 1190. The van der Waals surface area contributed by atoms with Gasteiger partial charge in [0, 0.05) is 25.7 Å². The molecular formula is C23H21FN2O3S. The van der Waals surface area contributed by atoms with Crippen molar-refractivity contribution in [1.82, 2.24) is 4.90 Å². The molecule has 1 aliphatic rings. The van der Waals surface area contributed by atoms with E-state index in [9.17, 15) is 17.6 Å². The van der Waals surface area contributed by atoms with Crippen LogP contribution in [0.1, 0.15) is 21.5 Å². The second-order valence-electron chi connectivity index (χ2n) is 7.22. The third-order valence-corrected chi connectivity index (χ3v) is 7.13. The molecule has 154 valence electrons. The summed E-state index contributed by atoms with van der Waals surface area (Å²) in [5.74, 6) is -0.647. The number of carbonyl (C=O) groups is 1. The highest BCUT2D eigenvalue weighted by Gasteiger charge is 2.25. The maximum absolute atomic E-state index is 13.2. The predicted octanol–water partition coefficient (Wildman–Crippen LogP) is 3.85. The molecule has 3 aromatic rings. The van der Waals surface area contributed by atoms with Crippen LogP contribution in [0.5, 0.6) is 0 Å². The molecule has 0 spiro atoms. The first-order valence-electron chi connectivity index (χ1n) is 9.57. The predicted molar refractivity (Wildman–Crippen MR) is 113 cm³/mol. The number of hydrogen-bond donors (Lipinski definition) is 0. The van der Waals surface area contributed by atoms with Gasteiger partial charge in [0.2, 0.25) is 0 Å². The Morgan fingerprint density at radius 1 is 0.967 bits per heavy atom. The Morgan fingerprint density at radius 2 is 1.67 bits per heavy atom. The smallest absolute Gasteiger partial charge is 0.264 e. The number of nitrogens with zero attached hydrogens (tertiary/aromatic N) is 2. The summed E-state index contributed by atoms with van der Waals surface area (Å²) in [7, 11) is -2.50. The molecule has 4 rings (SSSR count). The molecule has 1 aliphatic heterocycles. The average Bonchev–Trinajstić information content (AvgIpc) is 2.78. The molecule has 0 atom stereocenters. The molecule has 0 aromatic heterocycles. The third kappa shape index (κ3) is 3.80. The SMILES string of the molecule is CN(c1ccc(F)cc1)S(=O)(=O)c1cccc(C(=O)N2CCc3ccccc3C2)c1. The lowest BCUT2D eigenvalue weighted by molar-refractivity contribution is 0.0734. The lowest BCUT2D eigenvalue weighted by Gasteiger charge is -2.29. The molecule has 1 amide bonds. The second-order valence-corrected chi connectivity index (χ2v) is 9.19. The minimum atomic E-state index is -3.90. The topological polar surface area (TPSA) is 57.7 Å². The molecule has 0 saturated heterocycles. The summed E-state index contributed by atoms with van der Waals surface area (Å²) >= 11 is 0. The van der Waals surface area contributed by atoms with Gasteiger partial charge in [0.25, 0.3) is 15.9 Å². The quantitative estimate of drug-likeness (QED) is 0.639. The Balaban J connectivity index is 1.59. The van der Waals surface area contributed by atoms with E-state index >= 15 is 0 Å². The number of fused-ring (bicyclic) bond motifs is 1. The van der Waals surface area contributed by atoms with Crippen LogP contribution < -0.4 is 4.31 Å². The van der Waals surface area contributed by atoms with Gasteiger partial charge in [-0.2, -0.15) is 0 Å². The fourth-order valence-corrected chi connectivity index (χ4v) is 4.83. The Morgan fingerprint density at radius 3 is 2.40 bits per heavy atom. The third-order valence-electron chi connectivity index (χ3n) is 5.35. The van der Waals surface area contributed by atoms with E-state index in [1.807, 2.05) is 18.2 Å². The number of anilines is 1. The molecule has 1 heterocycles. The van der Waals surface area contributed by atoms with Crippen LogP contribution in [0, 0.1) is 5.82 Å². The van der Waals surface area contributed by atoms with E-state index in [0.717, 1.165) is 16.3 Å². The minimum Gasteiger partial charge on any atom is -0.334 e. The maximum Gasteiger partial charge on any atom is 0.264 e. The molecule has 5 nitrogen and oxygen atoms in total. The summed E-state index contributed by atoms with van der Waals surface area (Å²) in [5, 5.41) is 0. The van der Waals surface area contributed by atoms with E-state index in [4.69, 9.17) is 0 Å². The van der Waals surface area contributed by atoms with Crippen molar-refractivity contribution in [2.75, 3.05) is 17.9 Å². The second kappa shape index (κ2) is 7.91. The molecule has 3 aromatic carbocycles. The zero-order chi connectivity index (χ0) is 21.3. The van der Waals surface area contributed by atoms with Gasteiger partial charge in [-0.1, -0.05) is 30.3 Å². The van der Waals surface area contributed by atoms with Crippen LogP contribution in [0.2, 0.25) is 0 Å². The highest BCUT2D eigenvalue weighted by molar-refractivity contribution is 7.92. The summed E-state index contributed by atoms with van der Waals surface area (Å²) in [6.07, 6.45) is 0.771. The van der Waals surface area contributed by atoms with Crippen LogP contribution in [0.25, 0.3) is 0 Å². The van der Waals surface area contributed by atoms with E-state index in [2.05, 4.69) is 6.07 Å². The first-order valence-corrected chi connectivity index (χ1v) is 11.0. The fourth-order valence-electron chi connectivity index (χ4n) is 3.59. The summed E-state index contributed by atoms with van der Waals surface area (Å²) in [4.78, 5) is 14.8. The van der Waals surface area contributed by atoms with Gasteiger partial charge in [-0.15, -0.1) is 0 Å². The zero-order valence-corrected chi connectivity index (χ0v) is 17.3. The van der Waals surface area contributed by atoms with Crippen LogP contribution in [-0.2, 0) is 23.0 Å². The zero-order valence-electron chi connectivity index (χ0n) is 16.5. The van der Waals surface area contributed by atoms with Crippen molar-refractivity contribution < 1.29 is 17.6 Å². The molecule has 0 bridgehead atoms. The van der Waals surface area contributed by atoms with Gasteiger partial charge in [-0.25, -0.2) is 12.8 Å². The van der Waals surface area contributed by atoms with Gasteiger partial charge in [-0.05, 0) is 60.0 Å². The molecule has 30 heavy (non-hydrogen) atoms. The van der Waals surface area contributed by atoms with Gasteiger partial charge < -0.3 is 4.90 Å². The van der Waals surface area contributed by atoms with Crippen LogP contribution in [0.4, 0.5) is 10.1 Å². The molecular weight excluding hydrogens is 403 g/mol. The van der Waals surface area contributed by atoms with Gasteiger partial charge in [-0.3, -0.25) is 9.10 Å². The summed E-state index contributed by atoms with van der Waals surface area (Å²) in [5.41, 5.74) is 3.00. The van der Waals surface area contributed by atoms with E-state index in [-0.39, 0.29) is 10.8 Å². The van der Waals surface area contributed by atoms with Crippen molar-refractivity contribution in [1.29, 1.82) is 0 Å². The van der Waals surface area contributed by atoms with Crippen molar-refractivity contribution in [3.63, 3.8) is 0 Å². The molecule has 0 unspecified atom stereocenters. The number of rotatable bonds is 4. The van der Waals surface area contributed by atoms with Crippen LogP contribution in [-0.4, -0.2) is 32.8 Å². The van der Waals surface area contributed by atoms with Crippen molar-refractivity contribution >= 4 is 21.6 Å². The lowest BCUT2D eigenvalue weighted by Crippen LogP contribution is -2.36. The largest absolute Gasteiger partial charge is 0.334 e. The monoisotopic (exact) mass is 424 g/mol. The number of sulfonamides is 1. The van der Waals surface area contributed by atoms with E-state index in [0.29, 0.717) is 24.3 Å².